The van der Waals surface area contributed by atoms with E-state index in [-0.39, 0.29) is 19.8 Å². The summed E-state index contributed by atoms with van der Waals surface area (Å²) in [7, 11) is 0. The predicted octanol–water partition coefficient (Wildman–Crippen LogP) is 0.502. The number of benzene rings is 1. The van der Waals surface area contributed by atoms with E-state index in [1.807, 2.05) is 0 Å². The molecule has 0 aliphatic rings. The lowest BCUT2D eigenvalue weighted by molar-refractivity contribution is -0.115. The minimum absolute atomic E-state index is 0.0625. The zero-order chi connectivity index (χ0) is 14.1. The summed E-state index contributed by atoms with van der Waals surface area (Å²) in [6.45, 7) is 0.812. The van der Waals surface area contributed by atoms with Crippen LogP contribution in [0.25, 0.3) is 0 Å². The van der Waals surface area contributed by atoms with Gasteiger partial charge in [-0.25, -0.2) is 8.78 Å². The summed E-state index contributed by atoms with van der Waals surface area (Å²) in [5, 5.41) is 13.3. The molecule has 1 rings (SSSR count). The SMILES string of the molecule is O=C(CNCCOCCO)Nc1c(F)cccc1F. The number of aliphatic hydroxyl groups excluding tert-OH is 1. The maximum atomic E-state index is 13.2. The lowest BCUT2D eigenvalue weighted by Gasteiger charge is -2.08. The fraction of sp³-hybridized carbons (Fsp3) is 0.417. The van der Waals surface area contributed by atoms with E-state index in [1.54, 1.807) is 0 Å². The number of hydrogen-bond donors (Lipinski definition) is 3. The fourth-order valence-electron chi connectivity index (χ4n) is 1.31. The zero-order valence-electron chi connectivity index (χ0n) is 10.3. The molecular formula is C12H16F2N2O3. The molecule has 0 saturated carbocycles. The molecule has 0 spiro atoms. The van der Waals surface area contributed by atoms with Gasteiger partial charge in [0.25, 0.3) is 0 Å². The van der Waals surface area contributed by atoms with Crippen LogP contribution >= 0.6 is 0 Å². The number of aliphatic hydroxyl groups is 1. The van der Waals surface area contributed by atoms with Crippen LogP contribution in [0.2, 0.25) is 0 Å². The van der Waals surface area contributed by atoms with Gasteiger partial charge in [-0.05, 0) is 12.1 Å². The smallest absolute Gasteiger partial charge is 0.238 e. The lowest BCUT2D eigenvalue weighted by Crippen LogP contribution is -2.31. The second-order valence-electron chi connectivity index (χ2n) is 3.66. The highest BCUT2D eigenvalue weighted by atomic mass is 19.1. The topological polar surface area (TPSA) is 70.6 Å². The van der Waals surface area contributed by atoms with E-state index >= 15 is 0 Å². The first kappa shape index (κ1) is 15.5. The van der Waals surface area contributed by atoms with E-state index in [4.69, 9.17) is 9.84 Å². The van der Waals surface area contributed by atoms with Crippen LogP contribution in [-0.2, 0) is 9.53 Å². The van der Waals surface area contributed by atoms with Gasteiger partial charge in [0, 0.05) is 6.54 Å². The standard InChI is InChI=1S/C12H16F2N2O3/c13-9-2-1-3-10(14)12(9)16-11(18)8-15-4-6-19-7-5-17/h1-3,15,17H,4-8H2,(H,16,18). The minimum atomic E-state index is -0.820. The molecule has 5 nitrogen and oxygen atoms in total. The molecule has 1 aromatic rings. The Hall–Kier alpha value is -1.57. The fourth-order valence-corrected chi connectivity index (χ4v) is 1.31. The minimum Gasteiger partial charge on any atom is -0.394 e. The Labute approximate surface area is 109 Å². The van der Waals surface area contributed by atoms with Gasteiger partial charge in [-0.2, -0.15) is 0 Å². The van der Waals surface area contributed by atoms with Gasteiger partial charge in [0.15, 0.2) is 0 Å². The third-order valence-corrected chi connectivity index (χ3v) is 2.17. The third-order valence-electron chi connectivity index (χ3n) is 2.17. The molecule has 7 heteroatoms. The molecule has 0 aliphatic heterocycles. The van der Waals surface area contributed by atoms with E-state index in [9.17, 15) is 13.6 Å². The molecule has 3 N–H and O–H groups in total. The number of para-hydroxylation sites is 1. The Morgan fingerprint density at radius 1 is 1.26 bits per heavy atom. The van der Waals surface area contributed by atoms with Gasteiger partial charge in [-0.15, -0.1) is 0 Å². The summed E-state index contributed by atoms with van der Waals surface area (Å²) in [5.41, 5.74) is -0.453. The first-order valence-electron chi connectivity index (χ1n) is 5.78. The molecule has 1 aromatic carbocycles. The van der Waals surface area contributed by atoms with Crippen LogP contribution in [0.5, 0.6) is 0 Å². The molecular weight excluding hydrogens is 258 g/mol. The molecule has 0 fully saturated rings. The maximum absolute atomic E-state index is 13.2. The number of halogens is 2. The Bertz CT molecular complexity index is 396. The number of amides is 1. The molecule has 0 bridgehead atoms. The predicted molar refractivity (Wildman–Crippen MR) is 65.8 cm³/mol. The first-order chi connectivity index (χ1) is 9.15. The molecule has 0 aliphatic carbocycles. The van der Waals surface area contributed by atoms with E-state index in [2.05, 4.69) is 10.6 Å². The van der Waals surface area contributed by atoms with Gasteiger partial charge >= 0.3 is 0 Å². The van der Waals surface area contributed by atoms with E-state index in [1.165, 1.54) is 6.07 Å². The van der Waals surface area contributed by atoms with Crippen molar-refractivity contribution in [2.45, 2.75) is 0 Å². The third kappa shape index (κ3) is 5.73. The second kappa shape index (κ2) is 8.52. The number of hydrogen-bond acceptors (Lipinski definition) is 4. The van der Waals surface area contributed by atoms with E-state index in [0.717, 1.165) is 12.1 Å². The summed E-state index contributed by atoms with van der Waals surface area (Å²) >= 11 is 0. The van der Waals surface area contributed by atoms with Crippen LogP contribution in [0.3, 0.4) is 0 Å². The van der Waals surface area contributed by atoms with Crippen molar-refractivity contribution in [3.05, 3.63) is 29.8 Å². The van der Waals surface area contributed by atoms with Crippen molar-refractivity contribution < 1.29 is 23.4 Å². The summed E-state index contributed by atoms with van der Waals surface area (Å²) in [6, 6.07) is 3.35. The molecule has 1 amide bonds. The number of carbonyl (C=O) groups excluding carboxylic acids is 1. The molecule has 0 saturated heterocycles. The molecule has 106 valence electrons. The summed E-state index contributed by atoms with van der Waals surface area (Å²) in [5.74, 6) is -2.19. The van der Waals surface area contributed by atoms with Crippen molar-refractivity contribution in [3.63, 3.8) is 0 Å². The Balaban J connectivity index is 2.28. The first-order valence-corrected chi connectivity index (χ1v) is 5.78. The van der Waals surface area contributed by atoms with Crippen molar-refractivity contribution in [2.24, 2.45) is 0 Å². The van der Waals surface area contributed by atoms with Crippen LogP contribution in [0.1, 0.15) is 0 Å². The zero-order valence-corrected chi connectivity index (χ0v) is 10.3. The Morgan fingerprint density at radius 3 is 2.58 bits per heavy atom. The molecule has 0 radical (unpaired) electrons. The summed E-state index contributed by atoms with van der Waals surface area (Å²) in [6.07, 6.45) is 0. The molecule has 0 heterocycles. The summed E-state index contributed by atoms with van der Waals surface area (Å²) in [4.78, 5) is 11.4. The van der Waals surface area contributed by atoms with Gasteiger partial charge < -0.3 is 20.5 Å². The van der Waals surface area contributed by atoms with Crippen LogP contribution in [0.15, 0.2) is 18.2 Å². The number of rotatable bonds is 8. The van der Waals surface area contributed by atoms with Gasteiger partial charge in [0.2, 0.25) is 5.91 Å². The van der Waals surface area contributed by atoms with E-state index < -0.39 is 23.2 Å². The monoisotopic (exact) mass is 274 g/mol. The summed E-state index contributed by atoms with van der Waals surface area (Å²) < 4.78 is 31.4. The highest BCUT2D eigenvalue weighted by Crippen LogP contribution is 2.17. The molecule has 0 unspecified atom stereocenters. The largest absolute Gasteiger partial charge is 0.394 e. The number of nitrogens with one attached hydrogen (secondary N) is 2. The van der Waals surface area contributed by atoms with Gasteiger partial charge in [0.05, 0.1) is 26.4 Å². The molecule has 0 aromatic heterocycles. The van der Waals surface area contributed by atoms with Crippen LogP contribution < -0.4 is 10.6 Å². The van der Waals surface area contributed by atoms with Gasteiger partial charge in [0.1, 0.15) is 17.3 Å². The number of ether oxygens (including phenoxy) is 1. The van der Waals surface area contributed by atoms with Crippen molar-refractivity contribution in [3.8, 4) is 0 Å². The van der Waals surface area contributed by atoms with Crippen molar-refractivity contribution >= 4 is 11.6 Å². The van der Waals surface area contributed by atoms with Gasteiger partial charge in [-0.1, -0.05) is 6.07 Å². The number of carbonyl (C=O) groups is 1. The number of anilines is 1. The molecule has 0 atom stereocenters. The molecule has 19 heavy (non-hydrogen) atoms. The Kier molecular flexibility index (Phi) is 6.94. The van der Waals surface area contributed by atoms with Gasteiger partial charge in [-0.3, -0.25) is 4.79 Å². The van der Waals surface area contributed by atoms with Crippen molar-refractivity contribution in [1.82, 2.24) is 5.32 Å². The lowest BCUT2D eigenvalue weighted by atomic mass is 10.3. The average Bonchev–Trinajstić information content (AvgIpc) is 2.38. The normalized spacial score (nSPS) is 10.5. The average molecular weight is 274 g/mol. The van der Waals surface area contributed by atoms with Crippen LogP contribution in [0.4, 0.5) is 14.5 Å². The van der Waals surface area contributed by atoms with Crippen molar-refractivity contribution in [2.75, 3.05) is 38.2 Å². The maximum Gasteiger partial charge on any atom is 0.238 e. The highest BCUT2D eigenvalue weighted by molar-refractivity contribution is 5.92. The van der Waals surface area contributed by atoms with Crippen LogP contribution in [0, 0.1) is 11.6 Å². The highest BCUT2D eigenvalue weighted by Gasteiger charge is 2.11. The quantitative estimate of drug-likeness (QED) is 0.604. The van der Waals surface area contributed by atoms with E-state index in [0.29, 0.717) is 13.2 Å². The van der Waals surface area contributed by atoms with Crippen LogP contribution in [-0.4, -0.2) is 43.9 Å². The van der Waals surface area contributed by atoms with Crippen molar-refractivity contribution in [1.29, 1.82) is 0 Å². The second-order valence-corrected chi connectivity index (χ2v) is 3.66. The Morgan fingerprint density at radius 2 is 1.95 bits per heavy atom.